The van der Waals surface area contributed by atoms with Gasteiger partial charge < -0.3 is 15.2 Å². The van der Waals surface area contributed by atoms with Crippen LogP contribution in [0.15, 0.2) is 0 Å². The highest BCUT2D eigenvalue weighted by molar-refractivity contribution is 4.73. The Kier molecular flexibility index (Phi) is 8.08. The highest BCUT2D eigenvalue weighted by Gasteiger charge is 2.15. The van der Waals surface area contributed by atoms with E-state index in [4.69, 9.17) is 9.84 Å². The van der Waals surface area contributed by atoms with Gasteiger partial charge in [-0.25, -0.2) is 0 Å². The van der Waals surface area contributed by atoms with Crippen LogP contribution < -0.4 is 5.32 Å². The molecule has 14 heavy (non-hydrogen) atoms. The van der Waals surface area contributed by atoms with Crippen molar-refractivity contribution in [2.75, 3.05) is 40.5 Å². The van der Waals surface area contributed by atoms with Gasteiger partial charge in [0.2, 0.25) is 0 Å². The molecule has 0 saturated carbocycles. The molecular weight excluding hydrogens is 180 g/mol. The Morgan fingerprint density at radius 2 is 2.14 bits per heavy atom. The lowest BCUT2D eigenvalue weighted by Crippen LogP contribution is -2.46. The minimum Gasteiger partial charge on any atom is -0.395 e. The summed E-state index contributed by atoms with van der Waals surface area (Å²) >= 11 is 0. The van der Waals surface area contributed by atoms with Crippen LogP contribution in [-0.2, 0) is 4.74 Å². The van der Waals surface area contributed by atoms with Gasteiger partial charge in [0.25, 0.3) is 0 Å². The van der Waals surface area contributed by atoms with E-state index in [1.54, 1.807) is 7.11 Å². The minimum absolute atomic E-state index is 0.147. The molecule has 0 aromatic carbocycles. The fraction of sp³-hybridized carbons (Fsp3) is 1.00. The van der Waals surface area contributed by atoms with Gasteiger partial charge >= 0.3 is 0 Å². The third-order valence-corrected chi connectivity index (χ3v) is 2.52. The molecule has 0 fully saturated rings. The van der Waals surface area contributed by atoms with Gasteiger partial charge in [0, 0.05) is 25.7 Å². The predicted molar refractivity (Wildman–Crippen MR) is 58.5 cm³/mol. The third-order valence-electron chi connectivity index (χ3n) is 2.52. The number of ether oxygens (including phenoxy) is 1. The molecule has 2 N–H and O–H groups in total. The lowest BCUT2D eigenvalue weighted by molar-refractivity contribution is 0.0886. The lowest BCUT2D eigenvalue weighted by atomic mass is 10.2. The van der Waals surface area contributed by atoms with E-state index >= 15 is 0 Å². The first-order valence-electron chi connectivity index (χ1n) is 5.20. The van der Waals surface area contributed by atoms with Crippen LogP contribution in [0.25, 0.3) is 0 Å². The number of hydrogen-bond acceptors (Lipinski definition) is 4. The topological polar surface area (TPSA) is 44.7 Å². The smallest absolute Gasteiger partial charge is 0.0615 e. The second-order valence-electron chi connectivity index (χ2n) is 3.56. The molecule has 4 nitrogen and oxygen atoms in total. The first-order chi connectivity index (χ1) is 6.69. The van der Waals surface area contributed by atoms with Crippen LogP contribution in [0.3, 0.4) is 0 Å². The van der Waals surface area contributed by atoms with Gasteiger partial charge in [0.05, 0.1) is 13.2 Å². The summed E-state index contributed by atoms with van der Waals surface area (Å²) in [5.74, 6) is 0. The maximum absolute atomic E-state index is 9.06. The molecule has 0 heterocycles. The Hall–Kier alpha value is -0.160. The van der Waals surface area contributed by atoms with Crippen LogP contribution in [0, 0.1) is 0 Å². The average Bonchev–Trinajstić information content (AvgIpc) is 2.20. The Balaban J connectivity index is 3.98. The molecule has 86 valence electrons. The zero-order valence-corrected chi connectivity index (χ0v) is 9.79. The molecular formula is C10H24N2O2. The molecule has 2 unspecified atom stereocenters. The number of nitrogens with one attached hydrogen (secondary N) is 1. The van der Waals surface area contributed by atoms with Gasteiger partial charge in [-0.2, -0.15) is 0 Å². The summed E-state index contributed by atoms with van der Waals surface area (Å²) in [7, 11) is 3.58. The standard InChI is InChI=1S/C10H24N2O2/c1-5-12(9(2)8-14-4)6-10(7-13)11-3/h9-11,13H,5-8H2,1-4H3. The first kappa shape index (κ1) is 13.8. The van der Waals surface area contributed by atoms with E-state index in [2.05, 4.69) is 24.1 Å². The fourth-order valence-corrected chi connectivity index (χ4v) is 1.49. The molecule has 0 radical (unpaired) electrons. The molecule has 0 saturated heterocycles. The SMILES string of the molecule is CCN(CC(CO)NC)C(C)COC. The van der Waals surface area contributed by atoms with Crippen LogP contribution >= 0.6 is 0 Å². The number of aliphatic hydroxyl groups is 1. The summed E-state index contributed by atoms with van der Waals surface area (Å²) in [6.45, 7) is 6.99. The molecule has 0 aliphatic heterocycles. The number of aliphatic hydroxyl groups excluding tert-OH is 1. The van der Waals surface area contributed by atoms with Crippen molar-refractivity contribution < 1.29 is 9.84 Å². The summed E-state index contributed by atoms with van der Waals surface area (Å²) in [5.41, 5.74) is 0. The minimum atomic E-state index is 0.147. The van der Waals surface area contributed by atoms with Crippen LogP contribution in [0.4, 0.5) is 0 Å². The highest BCUT2D eigenvalue weighted by Crippen LogP contribution is 2.00. The number of rotatable bonds is 8. The molecule has 0 rings (SSSR count). The maximum Gasteiger partial charge on any atom is 0.0615 e. The zero-order valence-electron chi connectivity index (χ0n) is 9.79. The highest BCUT2D eigenvalue weighted by atomic mass is 16.5. The Labute approximate surface area is 87.2 Å². The molecule has 0 aliphatic rings. The maximum atomic E-state index is 9.06. The quantitative estimate of drug-likeness (QED) is 0.581. The fourth-order valence-electron chi connectivity index (χ4n) is 1.49. The van der Waals surface area contributed by atoms with Crippen molar-refractivity contribution in [3.05, 3.63) is 0 Å². The number of nitrogens with zero attached hydrogens (tertiary/aromatic N) is 1. The molecule has 4 heteroatoms. The van der Waals surface area contributed by atoms with E-state index in [9.17, 15) is 0 Å². The second kappa shape index (κ2) is 8.17. The molecule has 0 bridgehead atoms. The molecule has 0 aromatic heterocycles. The van der Waals surface area contributed by atoms with Crippen molar-refractivity contribution in [2.45, 2.75) is 25.9 Å². The van der Waals surface area contributed by atoms with Crippen molar-refractivity contribution in [3.8, 4) is 0 Å². The van der Waals surface area contributed by atoms with Crippen LogP contribution in [0.2, 0.25) is 0 Å². The average molecular weight is 204 g/mol. The summed E-state index contributed by atoms with van der Waals surface area (Å²) in [6, 6.07) is 0.543. The van der Waals surface area contributed by atoms with E-state index in [1.807, 2.05) is 7.05 Å². The molecule has 0 aliphatic carbocycles. The van der Waals surface area contributed by atoms with Crippen LogP contribution in [-0.4, -0.2) is 62.6 Å². The van der Waals surface area contributed by atoms with E-state index in [0.717, 1.165) is 19.7 Å². The van der Waals surface area contributed by atoms with Crippen molar-refractivity contribution in [3.63, 3.8) is 0 Å². The van der Waals surface area contributed by atoms with Crippen LogP contribution in [0.1, 0.15) is 13.8 Å². The van der Waals surface area contributed by atoms with Gasteiger partial charge in [-0.1, -0.05) is 6.92 Å². The number of likely N-dealkylation sites (N-methyl/N-ethyl adjacent to an activating group) is 2. The normalized spacial score (nSPS) is 15.9. The first-order valence-corrected chi connectivity index (χ1v) is 5.20. The largest absolute Gasteiger partial charge is 0.395 e. The molecule has 0 aromatic rings. The lowest BCUT2D eigenvalue weighted by Gasteiger charge is -2.30. The van der Waals surface area contributed by atoms with Gasteiger partial charge in [-0.05, 0) is 20.5 Å². The van der Waals surface area contributed by atoms with Crippen LogP contribution in [0.5, 0.6) is 0 Å². The van der Waals surface area contributed by atoms with Gasteiger partial charge in [-0.15, -0.1) is 0 Å². The number of hydrogen-bond donors (Lipinski definition) is 2. The third kappa shape index (κ3) is 4.91. The van der Waals surface area contributed by atoms with Crippen molar-refractivity contribution in [1.82, 2.24) is 10.2 Å². The van der Waals surface area contributed by atoms with Gasteiger partial charge in [-0.3, -0.25) is 4.90 Å². The van der Waals surface area contributed by atoms with E-state index in [0.29, 0.717) is 6.04 Å². The monoisotopic (exact) mass is 204 g/mol. The zero-order chi connectivity index (χ0) is 11.0. The van der Waals surface area contributed by atoms with E-state index in [-0.39, 0.29) is 12.6 Å². The molecule has 0 amide bonds. The second-order valence-corrected chi connectivity index (χ2v) is 3.56. The van der Waals surface area contributed by atoms with E-state index in [1.165, 1.54) is 0 Å². The Bertz CT molecular complexity index is 129. The Morgan fingerprint density at radius 1 is 1.50 bits per heavy atom. The summed E-state index contributed by atoms with van der Waals surface area (Å²) in [4.78, 5) is 2.29. The van der Waals surface area contributed by atoms with Gasteiger partial charge in [0.15, 0.2) is 0 Å². The summed E-state index contributed by atoms with van der Waals surface area (Å²) in [5, 5.41) is 12.1. The molecule has 0 spiro atoms. The summed E-state index contributed by atoms with van der Waals surface area (Å²) in [6.07, 6.45) is 0. The summed E-state index contributed by atoms with van der Waals surface area (Å²) < 4.78 is 5.11. The van der Waals surface area contributed by atoms with Gasteiger partial charge in [0.1, 0.15) is 0 Å². The number of methoxy groups -OCH3 is 1. The van der Waals surface area contributed by atoms with Crippen molar-refractivity contribution in [2.24, 2.45) is 0 Å². The van der Waals surface area contributed by atoms with E-state index < -0.39 is 0 Å². The Morgan fingerprint density at radius 3 is 2.50 bits per heavy atom. The molecule has 2 atom stereocenters. The van der Waals surface area contributed by atoms with Crippen molar-refractivity contribution in [1.29, 1.82) is 0 Å². The van der Waals surface area contributed by atoms with Crippen molar-refractivity contribution >= 4 is 0 Å². The predicted octanol–water partition coefficient (Wildman–Crippen LogP) is -0.0765.